The Kier molecular flexibility index (Phi) is 7.76. The molecule has 1 N–H and O–H groups in total. The van der Waals surface area contributed by atoms with E-state index in [2.05, 4.69) is 5.32 Å². The molecule has 1 atom stereocenters. The molecule has 0 radical (unpaired) electrons. The summed E-state index contributed by atoms with van der Waals surface area (Å²) in [7, 11) is 0. The summed E-state index contributed by atoms with van der Waals surface area (Å²) in [4.78, 5) is 12.0. The van der Waals surface area contributed by atoms with Gasteiger partial charge in [-0.2, -0.15) is 0 Å². The summed E-state index contributed by atoms with van der Waals surface area (Å²) in [6.45, 7) is 2.46. The van der Waals surface area contributed by atoms with Crippen molar-refractivity contribution < 1.29 is 9.53 Å². The molecule has 0 aliphatic rings. The maximum absolute atomic E-state index is 12.0. The SMILES string of the molecule is C[C@H](NC(=O)CSCCOc1ccccc1Cl)c1ccc(Cl)cc1. The predicted molar refractivity (Wildman–Crippen MR) is 102 cm³/mol. The smallest absolute Gasteiger partial charge is 0.230 e. The lowest BCUT2D eigenvalue weighted by Gasteiger charge is -2.14. The number of halogens is 2. The molecule has 3 nitrogen and oxygen atoms in total. The van der Waals surface area contributed by atoms with Crippen LogP contribution in [0.5, 0.6) is 5.75 Å². The molecule has 0 aromatic heterocycles. The second-order valence-electron chi connectivity index (χ2n) is 5.17. The zero-order chi connectivity index (χ0) is 17.4. The molecule has 0 spiro atoms. The normalized spacial score (nSPS) is 11.8. The summed E-state index contributed by atoms with van der Waals surface area (Å²) in [6, 6.07) is 14.8. The number of para-hydroxylation sites is 1. The van der Waals surface area contributed by atoms with Gasteiger partial charge in [-0.3, -0.25) is 4.79 Å². The third-order valence-electron chi connectivity index (χ3n) is 3.30. The van der Waals surface area contributed by atoms with Crippen LogP contribution in [0.1, 0.15) is 18.5 Å². The highest BCUT2D eigenvalue weighted by atomic mass is 35.5. The maximum Gasteiger partial charge on any atom is 0.230 e. The van der Waals surface area contributed by atoms with Crippen molar-refractivity contribution in [3.63, 3.8) is 0 Å². The van der Waals surface area contributed by atoms with Crippen molar-refractivity contribution in [2.75, 3.05) is 18.1 Å². The number of carbonyl (C=O) groups is 1. The summed E-state index contributed by atoms with van der Waals surface area (Å²) < 4.78 is 5.58. The zero-order valence-electron chi connectivity index (χ0n) is 13.3. The number of rotatable bonds is 8. The Morgan fingerprint density at radius 2 is 1.88 bits per heavy atom. The van der Waals surface area contributed by atoms with Gasteiger partial charge in [0.2, 0.25) is 5.91 Å². The van der Waals surface area contributed by atoms with Crippen LogP contribution in [0.2, 0.25) is 10.0 Å². The van der Waals surface area contributed by atoms with Crippen LogP contribution in [-0.4, -0.2) is 24.0 Å². The third kappa shape index (κ3) is 6.27. The van der Waals surface area contributed by atoms with Gasteiger partial charge in [0.15, 0.2) is 0 Å². The quantitative estimate of drug-likeness (QED) is 0.652. The number of carbonyl (C=O) groups excluding carboxylic acids is 1. The second kappa shape index (κ2) is 9.82. The van der Waals surface area contributed by atoms with E-state index in [9.17, 15) is 4.79 Å². The molecule has 128 valence electrons. The lowest BCUT2D eigenvalue weighted by molar-refractivity contribution is -0.119. The fourth-order valence-electron chi connectivity index (χ4n) is 2.06. The van der Waals surface area contributed by atoms with E-state index in [0.717, 1.165) is 5.56 Å². The van der Waals surface area contributed by atoms with Gasteiger partial charge in [0.25, 0.3) is 0 Å². The fourth-order valence-corrected chi connectivity index (χ4v) is 2.99. The van der Waals surface area contributed by atoms with Crippen LogP contribution in [0.15, 0.2) is 48.5 Å². The van der Waals surface area contributed by atoms with Crippen LogP contribution in [0.3, 0.4) is 0 Å². The highest BCUT2D eigenvalue weighted by Gasteiger charge is 2.09. The van der Waals surface area contributed by atoms with Crippen molar-refractivity contribution in [2.24, 2.45) is 0 Å². The van der Waals surface area contributed by atoms with Crippen molar-refractivity contribution in [3.8, 4) is 5.75 Å². The van der Waals surface area contributed by atoms with E-state index >= 15 is 0 Å². The number of hydrogen-bond donors (Lipinski definition) is 1. The lowest BCUT2D eigenvalue weighted by atomic mass is 10.1. The van der Waals surface area contributed by atoms with Crippen LogP contribution in [0.4, 0.5) is 0 Å². The molecule has 0 saturated carbocycles. The van der Waals surface area contributed by atoms with E-state index in [-0.39, 0.29) is 11.9 Å². The highest BCUT2D eigenvalue weighted by Crippen LogP contribution is 2.23. The Bertz CT molecular complexity index is 664. The molecule has 2 aromatic carbocycles. The molecule has 0 unspecified atom stereocenters. The minimum Gasteiger partial charge on any atom is -0.491 e. The highest BCUT2D eigenvalue weighted by molar-refractivity contribution is 7.99. The van der Waals surface area contributed by atoms with E-state index < -0.39 is 0 Å². The Morgan fingerprint density at radius 3 is 2.58 bits per heavy atom. The number of amides is 1. The van der Waals surface area contributed by atoms with Gasteiger partial charge in [-0.1, -0.05) is 47.5 Å². The van der Waals surface area contributed by atoms with E-state index in [1.54, 1.807) is 6.07 Å². The number of benzene rings is 2. The predicted octanol–water partition coefficient (Wildman–Crippen LogP) is 4.98. The summed E-state index contributed by atoms with van der Waals surface area (Å²) in [5.41, 5.74) is 1.03. The molecule has 2 rings (SSSR count). The van der Waals surface area contributed by atoms with Gasteiger partial charge in [0, 0.05) is 10.8 Å². The average molecular weight is 384 g/mol. The van der Waals surface area contributed by atoms with Gasteiger partial charge >= 0.3 is 0 Å². The topological polar surface area (TPSA) is 38.3 Å². The monoisotopic (exact) mass is 383 g/mol. The molecule has 0 aliphatic carbocycles. The summed E-state index contributed by atoms with van der Waals surface area (Å²) in [5, 5.41) is 4.25. The zero-order valence-corrected chi connectivity index (χ0v) is 15.6. The fraction of sp³-hybridized carbons (Fsp3) is 0.278. The molecule has 24 heavy (non-hydrogen) atoms. The first-order valence-corrected chi connectivity index (χ1v) is 9.47. The molecule has 1 amide bonds. The van der Waals surface area contributed by atoms with Crippen LogP contribution in [0.25, 0.3) is 0 Å². The van der Waals surface area contributed by atoms with Gasteiger partial charge in [-0.15, -0.1) is 11.8 Å². The number of nitrogens with one attached hydrogen (secondary N) is 1. The first-order chi connectivity index (χ1) is 11.6. The molecule has 0 bridgehead atoms. The van der Waals surface area contributed by atoms with Crippen LogP contribution in [-0.2, 0) is 4.79 Å². The van der Waals surface area contributed by atoms with Gasteiger partial charge in [-0.25, -0.2) is 0 Å². The third-order valence-corrected chi connectivity index (χ3v) is 4.79. The molecule has 0 aliphatic heterocycles. The standard InChI is InChI=1S/C18H19Cl2NO2S/c1-13(14-6-8-15(19)9-7-14)21-18(22)12-24-11-10-23-17-5-3-2-4-16(17)20/h2-9,13H,10-12H2,1H3,(H,21,22)/t13-/m0/s1. The van der Waals surface area contributed by atoms with Crippen LogP contribution in [0, 0.1) is 0 Å². The first-order valence-electron chi connectivity index (χ1n) is 7.56. The molecule has 6 heteroatoms. The van der Waals surface area contributed by atoms with E-state index in [1.807, 2.05) is 49.4 Å². The summed E-state index contributed by atoms with van der Waals surface area (Å²) >= 11 is 13.4. The summed E-state index contributed by atoms with van der Waals surface area (Å²) in [6.07, 6.45) is 0. The van der Waals surface area contributed by atoms with E-state index in [4.69, 9.17) is 27.9 Å². The number of hydrogen-bond acceptors (Lipinski definition) is 3. The summed E-state index contributed by atoms with van der Waals surface area (Å²) in [5.74, 6) is 1.78. The lowest BCUT2D eigenvalue weighted by Crippen LogP contribution is -2.28. The van der Waals surface area contributed by atoms with E-state index in [0.29, 0.717) is 33.9 Å². The van der Waals surface area contributed by atoms with Crippen molar-refractivity contribution in [1.29, 1.82) is 0 Å². The van der Waals surface area contributed by atoms with Gasteiger partial charge < -0.3 is 10.1 Å². The Balaban J connectivity index is 1.64. The Morgan fingerprint density at radius 1 is 1.17 bits per heavy atom. The van der Waals surface area contributed by atoms with E-state index in [1.165, 1.54) is 11.8 Å². The molecular weight excluding hydrogens is 365 g/mol. The van der Waals surface area contributed by atoms with Crippen molar-refractivity contribution >= 4 is 40.9 Å². The maximum atomic E-state index is 12.0. The first kappa shape index (κ1) is 19.0. The Hall–Kier alpha value is -1.36. The molecular formula is C18H19Cl2NO2S. The van der Waals surface area contributed by atoms with Gasteiger partial charge in [0.1, 0.15) is 5.75 Å². The number of thioether (sulfide) groups is 1. The molecule has 0 heterocycles. The van der Waals surface area contributed by atoms with Crippen molar-refractivity contribution in [2.45, 2.75) is 13.0 Å². The largest absolute Gasteiger partial charge is 0.491 e. The number of ether oxygens (including phenoxy) is 1. The van der Waals surface area contributed by atoms with Crippen LogP contribution < -0.4 is 10.1 Å². The average Bonchev–Trinajstić information content (AvgIpc) is 2.56. The minimum atomic E-state index is -0.0465. The van der Waals surface area contributed by atoms with Gasteiger partial charge in [-0.05, 0) is 36.8 Å². The van der Waals surface area contributed by atoms with Crippen molar-refractivity contribution in [1.82, 2.24) is 5.32 Å². The molecule has 0 saturated heterocycles. The van der Waals surface area contributed by atoms with Crippen molar-refractivity contribution in [3.05, 3.63) is 64.1 Å². The van der Waals surface area contributed by atoms with Gasteiger partial charge in [0.05, 0.1) is 23.4 Å². The molecule has 2 aromatic rings. The Labute approximate surface area is 156 Å². The second-order valence-corrected chi connectivity index (χ2v) is 7.12. The minimum absolute atomic E-state index is 0.000179. The molecule has 0 fully saturated rings. The van der Waals surface area contributed by atoms with Crippen LogP contribution >= 0.6 is 35.0 Å².